The van der Waals surface area contributed by atoms with E-state index in [1.807, 2.05) is 0 Å². The Balaban J connectivity index is 2.74. The van der Waals surface area contributed by atoms with E-state index < -0.39 is 62.5 Å². The third-order valence-corrected chi connectivity index (χ3v) is 4.39. The summed E-state index contributed by atoms with van der Waals surface area (Å²) in [6.07, 6.45) is 0. The first-order valence-electron chi connectivity index (χ1n) is 7.05. The maximum Gasteiger partial charge on any atom is 0.384 e. The van der Waals surface area contributed by atoms with Gasteiger partial charge in [-0.3, -0.25) is 14.9 Å². The lowest BCUT2D eigenvalue weighted by atomic mass is 9.71. The molecule has 0 aliphatic heterocycles. The summed E-state index contributed by atoms with van der Waals surface area (Å²) in [5, 5.41) is 10.9. The quantitative estimate of drug-likeness (QED) is 0.372. The molecule has 1 aliphatic carbocycles. The number of hydrogen-bond acceptors (Lipinski definition) is 3. The molecule has 5 nitrogen and oxygen atoms in total. The molecule has 1 N–H and O–H groups in total. The van der Waals surface area contributed by atoms with Crippen LogP contribution in [0.4, 0.5) is 59.7 Å². The third kappa shape index (κ3) is 2.51. The maximum absolute atomic E-state index is 14.6. The van der Waals surface area contributed by atoms with Gasteiger partial charge in [0.1, 0.15) is 5.69 Å². The van der Waals surface area contributed by atoms with Gasteiger partial charge in [-0.25, -0.2) is 4.39 Å². The number of alkyl halides is 11. The molecule has 2 rings (SSSR count). The molecule has 1 saturated carbocycles. The molecule has 0 unspecified atom stereocenters. The minimum Gasteiger partial charge on any atom is -0.317 e. The zero-order chi connectivity index (χ0) is 23.7. The van der Waals surface area contributed by atoms with Gasteiger partial charge in [-0.05, 0) is 12.1 Å². The fourth-order valence-electron chi connectivity index (χ4n) is 2.48. The van der Waals surface area contributed by atoms with E-state index in [2.05, 4.69) is 0 Å². The highest BCUT2D eigenvalue weighted by molar-refractivity contribution is 6.31. The van der Waals surface area contributed by atoms with Crippen molar-refractivity contribution in [2.75, 3.05) is 5.32 Å². The van der Waals surface area contributed by atoms with Crippen LogP contribution in [0.15, 0.2) is 18.2 Å². The Labute approximate surface area is 161 Å². The third-order valence-electron chi connectivity index (χ3n) is 4.16. The molecule has 0 atom stereocenters. The van der Waals surface area contributed by atoms with Crippen LogP contribution < -0.4 is 5.32 Å². The minimum absolute atomic E-state index is 0.269. The van der Waals surface area contributed by atoms with Crippen LogP contribution in [0, 0.1) is 10.1 Å². The summed E-state index contributed by atoms with van der Waals surface area (Å²) in [5.41, 5.74) is -9.78. The normalized spacial score (nSPS) is 24.7. The number of carbonyl (C=O) groups is 1. The van der Waals surface area contributed by atoms with E-state index in [1.54, 1.807) is 0 Å². The first kappa shape index (κ1) is 23.9. The van der Waals surface area contributed by atoms with Crippen molar-refractivity contribution in [2.45, 2.75) is 35.3 Å². The Hall–Kier alpha value is -2.39. The molecule has 168 valence electrons. The van der Waals surface area contributed by atoms with Gasteiger partial charge in [0.15, 0.2) is 0 Å². The standard InChI is InChI=1S/C13H4ClF11N2O3/c14-4-1-2-6(27(29)30)5(3-4)26-7(28)8(15)9(16,17)11(20,21)13(24,25)12(22,23)10(8,18)19/h1-3H,(H,26,28). The number of amides is 1. The van der Waals surface area contributed by atoms with Crippen LogP contribution >= 0.6 is 11.6 Å². The zero-order valence-corrected chi connectivity index (χ0v) is 14.2. The maximum atomic E-state index is 14.6. The van der Waals surface area contributed by atoms with Crippen LogP contribution in [0.25, 0.3) is 0 Å². The fraction of sp³-hybridized carbons (Fsp3) is 0.462. The van der Waals surface area contributed by atoms with Crippen LogP contribution in [0.1, 0.15) is 0 Å². The van der Waals surface area contributed by atoms with Crippen LogP contribution in [0.2, 0.25) is 5.02 Å². The van der Waals surface area contributed by atoms with E-state index >= 15 is 0 Å². The van der Waals surface area contributed by atoms with Crippen LogP contribution in [-0.2, 0) is 4.79 Å². The van der Waals surface area contributed by atoms with Gasteiger partial charge in [0.2, 0.25) is 0 Å². The topological polar surface area (TPSA) is 72.2 Å². The summed E-state index contributed by atoms with van der Waals surface area (Å²) < 4.78 is 150. The smallest absolute Gasteiger partial charge is 0.317 e. The number of benzene rings is 1. The van der Waals surface area contributed by atoms with Crippen molar-refractivity contribution in [3.63, 3.8) is 0 Å². The van der Waals surface area contributed by atoms with E-state index in [0.29, 0.717) is 11.4 Å². The summed E-state index contributed by atoms with van der Waals surface area (Å²) in [5.74, 6) is -41.0. The predicted octanol–water partition coefficient (Wildman–Crippen LogP) is 5.09. The number of anilines is 1. The van der Waals surface area contributed by atoms with E-state index in [1.165, 1.54) is 0 Å². The number of hydrogen-bond donors (Lipinski definition) is 1. The molecule has 1 amide bonds. The number of nitro benzene ring substituents is 1. The van der Waals surface area contributed by atoms with Gasteiger partial charge in [0, 0.05) is 11.1 Å². The Bertz CT molecular complexity index is 892. The number of halogens is 12. The van der Waals surface area contributed by atoms with E-state index in [4.69, 9.17) is 11.6 Å². The van der Waals surface area contributed by atoms with Crippen molar-refractivity contribution < 1.29 is 58.0 Å². The second-order valence-electron chi connectivity index (χ2n) is 5.90. The summed E-state index contributed by atoms with van der Waals surface area (Å²) in [6, 6.07) is 1.41. The van der Waals surface area contributed by atoms with Crippen LogP contribution in [0.3, 0.4) is 0 Å². The Morgan fingerprint density at radius 1 is 0.833 bits per heavy atom. The SMILES string of the molecule is O=C(Nc1cc(Cl)ccc1[N+](=O)[O-])C1(F)C(F)(F)C(F)(F)C(F)(F)C(F)(F)C1(F)F. The number of rotatable bonds is 3. The summed E-state index contributed by atoms with van der Waals surface area (Å²) >= 11 is 5.36. The molecule has 1 aromatic carbocycles. The van der Waals surface area contributed by atoms with Crippen molar-refractivity contribution in [3.05, 3.63) is 33.3 Å². The molecule has 0 bridgehead atoms. The Kier molecular flexibility index (Phi) is 5.02. The minimum atomic E-state index is -7.50. The molecule has 1 aliphatic rings. The second kappa shape index (κ2) is 6.31. The van der Waals surface area contributed by atoms with E-state index in [9.17, 15) is 63.2 Å². The van der Waals surface area contributed by atoms with Crippen molar-refractivity contribution in [3.8, 4) is 0 Å². The van der Waals surface area contributed by atoms with Gasteiger partial charge < -0.3 is 5.32 Å². The molecular weight excluding hydrogens is 477 g/mol. The largest absolute Gasteiger partial charge is 0.384 e. The number of nitrogens with one attached hydrogen (secondary N) is 1. The highest BCUT2D eigenvalue weighted by atomic mass is 35.5. The van der Waals surface area contributed by atoms with E-state index in [-0.39, 0.29) is 6.07 Å². The molecule has 1 fully saturated rings. The van der Waals surface area contributed by atoms with E-state index in [0.717, 1.165) is 6.07 Å². The molecule has 0 spiro atoms. The van der Waals surface area contributed by atoms with Crippen molar-refractivity contribution >= 4 is 28.9 Å². The molecule has 17 heteroatoms. The molecule has 0 radical (unpaired) electrons. The predicted molar refractivity (Wildman–Crippen MR) is 75.3 cm³/mol. The number of nitro groups is 1. The second-order valence-corrected chi connectivity index (χ2v) is 6.34. The lowest BCUT2D eigenvalue weighted by molar-refractivity contribution is -0.475. The zero-order valence-electron chi connectivity index (χ0n) is 13.4. The van der Waals surface area contributed by atoms with Crippen molar-refractivity contribution in [1.82, 2.24) is 0 Å². The number of nitrogens with zero attached hydrogens (tertiary/aromatic N) is 1. The van der Waals surface area contributed by atoms with Crippen LogP contribution in [0.5, 0.6) is 0 Å². The van der Waals surface area contributed by atoms with Crippen LogP contribution in [-0.4, -0.2) is 46.1 Å². The first-order valence-corrected chi connectivity index (χ1v) is 7.43. The van der Waals surface area contributed by atoms with Crippen molar-refractivity contribution in [1.29, 1.82) is 0 Å². The summed E-state index contributed by atoms with van der Waals surface area (Å²) in [4.78, 5) is 21.2. The molecule has 30 heavy (non-hydrogen) atoms. The Morgan fingerprint density at radius 3 is 1.63 bits per heavy atom. The van der Waals surface area contributed by atoms with Gasteiger partial charge in [-0.2, -0.15) is 43.9 Å². The molecule has 1 aromatic rings. The lowest BCUT2D eigenvalue weighted by Gasteiger charge is -2.51. The van der Waals surface area contributed by atoms with Gasteiger partial charge in [0.05, 0.1) is 4.92 Å². The Morgan fingerprint density at radius 2 is 1.23 bits per heavy atom. The van der Waals surface area contributed by atoms with Gasteiger partial charge in [0.25, 0.3) is 11.6 Å². The summed E-state index contributed by atoms with van der Waals surface area (Å²) in [6.45, 7) is 0. The molecule has 0 saturated heterocycles. The molecule has 0 heterocycles. The van der Waals surface area contributed by atoms with Gasteiger partial charge in [-0.1, -0.05) is 11.6 Å². The lowest BCUT2D eigenvalue weighted by Crippen LogP contribution is -2.86. The highest BCUT2D eigenvalue weighted by Crippen LogP contribution is 2.69. The monoisotopic (exact) mass is 480 g/mol. The van der Waals surface area contributed by atoms with Gasteiger partial charge >= 0.3 is 35.3 Å². The fourth-order valence-corrected chi connectivity index (χ4v) is 2.65. The van der Waals surface area contributed by atoms with Crippen molar-refractivity contribution in [2.24, 2.45) is 0 Å². The first-order chi connectivity index (χ1) is 13.2. The average molecular weight is 481 g/mol. The average Bonchev–Trinajstić information content (AvgIpc) is 2.58. The molecular formula is C13H4ClF11N2O3. The van der Waals surface area contributed by atoms with Gasteiger partial charge in [-0.15, -0.1) is 0 Å². The summed E-state index contributed by atoms with van der Waals surface area (Å²) in [7, 11) is 0. The number of carbonyl (C=O) groups excluding carboxylic acids is 1. The highest BCUT2D eigenvalue weighted by Gasteiger charge is 3.02. The molecule has 0 aromatic heterocycles.